The Hall–Kier alpha value is -1.66. The Bertz CT molecular complexity index is 514. The van der Waals surface area contributed by atoms with Crippen molar-refractivity contribution < 1.29 is 14.4 Å². The minimum Gasteiger partial charge on any atom is -0.387 e. The van der Waals surface area contributed by atoms with Crippen molar-refractivity contribution in [1.29, 1.82) is 0 Å². The van der Waals surface area contributed by atoms with Gasteiger partial charge in [-0.15, -0.1) is 0 Å². The number of aliphatic hydroxyl groups excluding tert-OH is 1. The number of carbonyl (C=O) groups excluding carboxylic acids is 1. The molecule has 96 valence electrons. The SMILES string of the molecule is Cc1noc(C)c1C(=O)NCC(O)c1ccsc1. The first-order chi connectivity index (χ1) is 8.59. The smallest absolute Gasteiger partial charge is 0.256 e. The Morgan fingerprint density at radius 3 is 2.94 bits per heavy atom. The summed E-state index contributed by atoms with van der Waals surface area (Å²) in [5.74, 6) is 0.204. The van der Waals surface area contributed by atoms with Crippen molar-refractivity contribution in [2.24, 2.45) is 0 Å². The van der Waals surface area contributed by atoms with Crippen molar-refractivity contribution in [3.63, 3.8) is 0 Å². The van der Waals surface area contributed by atoms with Crippen LogP contribution in [-0.4, -0.2) is 22.7 Å². The van der Waals surface area contributed by atoms with E-state index >= 15 is 0 Å². The van der Waals surface area contributed by atoms with Gasteiger partial charge in [-0.05, 0) is 36.2 Å². The second-order valence-electron chi connectivity index (χ2n) is 3.98. The molecule has 18 heavy (non-hydrogen) atoms. The predicted octanol–water partition coefficient (Wildman–Crippen LogP) is 1.82. The standard InChI is InChI=1S/C12H14N2O3S/c1-7-11(8(2)17-14-7)12(16)13-5-10(15)9-3-4-18-6-9/h3-4,6,10,15H,5H2,1-2H3,(H,13,16). The molecule has 5 nitrogen and oxygen atoms in total. The van der Waals surface area contributed by atoms with Crippen molar-refractivity contribution in [3.05, 3.63) is 39.4 Å². The van der Waals surface area contributed by atoms with Crippen LogP contribution in [-0.2, 0) is 0 Å². The number of hydrogen-bond acceptors (Lipinski definition) is 5. The molecule has 1 atom stereocenters. The van der Waals surface area contributed by atoms with E-state index in [4.69, 9.17) is 4.52 Å². The number of hydrogen-bond donors (Lipinski definition) is 2. The molecule has 0 aromatic carbocycles. The quantitative estimate of drug-likeness (QED) is 0.885. The first-order valence-electron chi connectivity index (χ1n) is 5.51. The van der Waals surface area contributed by atoms with Crippen LogP contribution in [0.5, 0.6) is 0 Å². The van der Waals surface area contributed by atoms with Gasteiger partial charge in [-0.25, -0.2) is 0 Å². The van der Waals surface area contributed by atoms with Gasteiger partial charge in [0.2, 0.25) is 0 Å². The van der Waals surface area contributed by atoms with Gasteiger partial charge in [0, 0.05) is 6.54 Å². The highest BCUT2D eigenvalue weighted by atomic mass is 32.1. The minimum absolute atomic E-state index is 0.166. The van der Waals surface area contributed by atoms with Gasteiger partial charge in [-0.1, -0.05) is 5.16 Å². The van der Waals surface area contributed by atoms with Gasteiger partial charge in [0.05, 0.1) is 11.8 Å². The summed E-state index contributed by atoms with van der Waals surface area (Å²) in [5, 5.41) is 20.0. The van der Waals surface area contributed by atoms with Crippen molar-refractivity contribution >= 4 is 17.2 Å². The summed E-state index contributed by atoms with van der Waals surface area (Å²) in [4.78, 5) is 11.9. The molecule has 0 bridgehead atoms. The lowest BCUT2D eigenvalue weighted by Gasteiger charge is -2.10. The van der Waals surface area contributed by atoms with Crippen LogP contribution in [0.4, 0.5) is 0 Å². The summed E-state index contributed by atoms with van der Waals surface area (Å²) in [5.41, 5.74) is 1.79. The van der Waals surface area contributed by atoms with Crippen molar-refractivity contribution in [3.8, 4) is 0 Å². The fourth-order valence-electron chi connectivity index (χ4n) is 1.67. The van der Waals surface area contributed by atoms with Gasteiger partial charge in [-0.2, -0.15) is 11.3 Å². The summed E-state index contributed by atoms with van der Waals surface area (Å²) in [6.45, 7) is 3.56. The van der Waals surface area contributed by atoms with Gasteiger partial charge in [0.1, 0.15) is 11.3 Å². The van der Waals surface area contributed by atoms with E-state index in [9.17, 15) is 9.90 Å². The van der Waals surface area contributed by atoms with Crippen LogP contribution >= 0.6 is 11.3 Å². The zero-order valence-electron chi connectivity index (χ0n) is 10.1. The highest BCUT2D eigenvalue weighted by Gasteiger charge is 2.18. The molecule has 2 N–H and O–H groups in total. The molecule has 0 aliphatic heterocycles. The molecule has 2 aromatic heterocycles. The summed E-state index contributed by atoms with van der Waals surface area (Å²) >= 11 is 1.51. The van der Waals surface area contributed by atoms with Gasteiger partial charge in [-0.3, -0.25) is 4.79 Å². The molecule has 0 radical (unpaired) electrons. The van der Waals surface area contributed by atoms with E-state index in [0.29, 0.717) is 17.0 Å². The molecule has 2 heterocycles. The van der Waals surface area contributed by atoms with Crippen LogP contribution < -0.4 is 5.32 Å². The summed E-state index contributed by atoms with van der Waals surface area (Å²) in [7, 11) is 0. The average Bonchev–Trinajstić information content (AvgIpc) is 2.96. The predicted molar refractivity (Wildman–Crippen MR) is 67.6 cm³/mol. The number of aryl methyl sites for hydroxylation is 2. The molecular weight excluding hydrogens is 252 g/mol. The molecule has 0 saturated heterocycles. The molecule has 0 aliphatic rings. The van der Waals surface area contributed by atoms with Crippen molar-refractivity contribution in [2.75, 3.05) is 6.54 Å². The average molecular weight is 266 g/mol. The number of amides is 1. The summed E-state index contributed by atoms with van der Waals surface area (Å²) < 4.78 is 4.92. The van der Waals surface area contributed by atoms with Crippen molar-refractivity contribution in [2.45, 2.75) is 20.0 Å². The Kier molecular flexibility index (Phi) is 3.78. The van der Waals surface area contributed by atoms with E-state index < -0.39 is 6.10 Å². The lowest BCUT2D eigenvalue weighted by molar-refractivity contribution is 0.0914. The molecule has 0 fully saturated rings. The topological polar surface area (TPSA) is 75.4 Å². The van der Waals surface area contributed by atoms with Crippen LogP contribution in [0.3, 0.4) is 0 Å². The molecular formula is C12H14N2O3S. The summed E-state index contributed by atoms with van der Waals surface area (Å²) in [6, 6.07) is 1.83. The number of nitrogens with zero attached hydrogens (tertiary/aromatic N) is 1. The van der Waals surface area contributed by atoms with Crippen LogP contribution in [0, 0.1) is 13.8 Å². The van der Waals surface area contributed by atoms with E-state index in [0.717, 1.165) is 5.56 Å². The molecule has 0 aliphatic carbocycles. The van der Waals surface area contributed by atoms with Gasteiger partial charge >= 0.3 is 0 Å². The molecule has 2 rings (SSSR count). The van der Waals surface area contributed by atoms with Crippen LogP contribution in [0.2, 0.25) is 0 Å². The maximum atomic E-state index is 11.9. The van der Waals surface area contributed by atoms with Gasteiger partial charge in [0.15, 0.2) is 0 Å². The third-order valence-electron chi connectivity index (χ3n) is 2.64. The number of nitrogens with one attached hydrogen (secondary N) is 1. The largest absolute Gasteiger partial charge is 0.387 e. The zero-order valence-corrected chi connectivity index (χ0v) is 11.0. The number of carbonyl (C=O) groups is 1. The monoisotopic (exact) mass is 266 g/mol. The lowest BCUT2D eigenvalue weighted by atomic mass is 10.1. The van der Waals surface area contributed by atoms with E-state index in [-0.39, 0.29) is 12.5 Å². The van der Waals surface area contributed by atoms with Gasteiger partial charge in [0.25, 0.3) is 5.91 Å². The molecule has 0 saturated carbocycles. The maximum absolute atomic E-state index is 11.9. The first kappa shape index (κ1) is 12.8. The Morgan fingerprint density at radius 2 is 2.39 bits per heavy atom. The molecule has 1 amide bonds. The lowest BCUT2D eigenvalue weighted by Crippen LogP contribution is -2.28. The molecule has 6 heteroatoms. The van der Waals surface area contributed by atoms with Crippen LogP contribution in [0.25, 0.3) is 0 Å². The van der Waals surface area contributed by atoms with Crippen LogP contribution in [0.1, 0.15) is 33.5 Å². The first-order valence-corrected chi connectivity index (χ1v) is 6.45. The zero-order chi connectivity index (χ0) is 13.1. The Labute approximate surface area is 108 Å². The Morgan fingerprint density at radius 1 is 1.61 bits per heavy atom. The molecule has 0 spiro atoms. The fourth-order valence-corrected chi connectivity index (χ4v) is 2.37. The number of aromatic nitrogens is 1. The molecule has 2 aromatic rings. The van der Waals surface area contributed by atoms with E-state index in [1.54, 1.807) is 13.8 Å². The highest BCUT2D eigenvalue weighted by molar-refractivity contribution is 7.07. The third-order valence-corrected chi connectivity index (χ3v) is 3.35. The number of rotatable bonds is 4. The highest BCUT2D eigenvalue weighted by Crippen LogP contribution is 2.16. The normalized spacial score (nSPS) is 12.4. The van der Waals surface area contributed by atoms with Crippen molar-refractivity contribution in [1.82, 2.24) is 10.5 Å². The second kappa shape index (κ2) is 5.32. The number of aliphatic hydroxyl groups is 1. The maximum Gasteiger partial charge on any atom is 0.256 e. The van der Waals surface area contributed by atoms with E-state index in [1.165, 1.54) is 11.3 Å². The third kappa shape index (κ3) is 2.60. The Balaban J connectivity index is 1.97. The van der Waals surface area contributed by atoms with E-state index in [1.807, 2.05) is 16.8 Å². The number of thiophene rings is 1. The minimum atomic E-state index is -0.694. The summed E-state index contributed by atoms with van der Waals surface area (Å²) in [6.07, 6.45) is -0.694. The fraction of sp³-hybridized carbons (Fsp3) is 0.333. The second-order valence-corrected chi connectivity index (χ2v) is 4.76. The van der Waals surface area contributed by atoms with Crippen LogP contribution in [0.15, 0.2) is 21.3 Å². The van der Waals surface area contributed by atoms with E-state index in [2.05, 4.69) is 10.5 Å². The van der Waals surface area contributed by atoms with Gasteiger partial charge < -0.3 is 14.9 Å². The molecule has 1 unspecified atom stereocenters.